The molecule has 2 atom stereocenters. The second-order valence-electron chi connectivity index (χ2n) is 7.42. The van der Waals surface area contributed by atoms with Gasteiger partial charge in [-0.25, -0.2) is 4.79 Å². The van der Waals surface area contributed by atoms with Gasteiger partial charge in [0.25, 0.3) is 0 Å². The lowest BCUT2D eigenvalue weighted by atomic mass is 10.0. The first-order chi connectivity index (χ1) is 9.99. The van der Waals surface area contributed by atoms with E-state index in [1.54, 1.807) is 6.92 Å². The highest BCUT2D eigenvalue weighted by atomic mass is 28.4. The molecule has 1 N–H and O–H groups in total. The summed E-state index contributed by atoms with van der Waals surface area (Å²) in [5.74, 6) is -0.0675. The smallest absolute Gasteiger partial charge is 0.330 e. The molecule has 0 aliphatic rings. The maximum atomic E-state index is 11.2. The normalized spacial score (nSPS) is 15.8. The molecule has 0 aliphatic heterocycles. The predicted octanol–water partition coefficient (Wildman–Crippen LogP) is 3.90. The molecular formula is C17H34O4Si. The van der Waals surface area contributed by atoms with Crippen LogP contribution >= 0.6 is 0 Å². The topological polar surface area (TPSA) is 55.8 Å². The monoisotopic (exact) mass is 330 g/mol. The van der Waals surface area contributed by atoms with Crippen molar-refractivity contribution < 1.29 is 19.1 Å². The Hall–Kier alpha value is -0.653. The minimum absolute atomic E-state index is 0.220. The SMILES string of the molecule is CCOC(=O)/C=C/[C@H](O)C[C@@H](C)CCO[Si](C)(C)C(C)(C)C. The van der Waals surface area contributed by atoms with E-state index in [4.69, 9.17) is 9.16 Å². The van der Waals surface area contributed by atoms with Gasteiger partial charge in [0.15, 0.2) is 8.32 Å². The van der Waals surface area contributed by atoms with Crippen LogP contribution in [0.3, 0.4) is 0 Å². The molecule has 22 heavy (non-hydrogen) atoms. The first-order valence-corrected chi connectivity index (χ1v) is 11.1. The van der Waals surface area contributed by atoms with Gasteiger partial charge in [-0.15, -0.1) is 0 Å². The Morgan fingerprint density at radius 3 is 2.41 bits per heavy atom. The van der Waals surface area contributed by atoms with E-state index in [2.05, 4.69) is 40.8 Å². The van der Waals surface area contributed by atoms with Crippen LogP contribution in [0.2, 0.25) is 18.1 Å². The van der Waals surface area contributed by atoms with Crippen LogP contribution in [0.25, 0.3) is 0 Å². The van der Waals surface area contributed by atoms with Crippen LogP contribution in [0.5, 0.6) is 0 Å². The lowest BCUT2D eigenvalue weighted by Crippen LogP contribution is -2.41. The molecule has 0 aliphatic carbocycles. The standard InChI is InChI=1S/C17H34O4Si/c1-8-20-16(19)10-9-15(18)13-14(2)11-12-21-22(6,7)17(3,4)5/h9-10,14-15,18H,8,11-13H2,1-7H3/b10-9+/t14-,15-/m0/s1. The number of hydrogen-bond donors (Lipinski definition) is 1. The summed E-state index contributed by atoms with van der Waals surface area (Å²) in [6, 6.07) is 0. The van der Waals surface area contributed by atoms with E-state index >= 15 is 0 Å². The summed E-state index contributed by atoms with van der Waals surface area (Å²) in [7, 11) is -1.69. The quantitative estimate of drug-likeness (QED) is 0.396. The van der Waals surface area contributed by atoms with Gasteiger partial charge in [0, 0.05) is 12.7 Å². The van der Waals surface area contributed by atoms with Gasteiger partial charge in [-0.3, -0.25) is 0 Å². The molecular weight excluding hydrogens is 296 g/mol. The Morgan fingerprint density at radius 2 is 1.91 bits per heavy atom. The third-order valence-corrected chi connectivity index (χ3v) is 8.80. The van der Waals surface area contributed by atoms with E-state index in [0.29, 0.717) is 18.9 Å². The summed E-state index contributed by atoms with van der Waals surface area (Å²) in [6.45, 7) is 16.1. The minimum atomic E-state index is -1.69. The summed E-state index contributed by atoms with van der Waals surface area (Å²) in [5, 5.41) is 10.1. The number of esters is 1. The molecule has 0 unspecified atom stereocenters. The van der Waals surface area contributed by atoms with Crippen LogP contribution in [0.15, 0.2) is 12.2 Å². The number of carbonyl (C=O) groups is 1. The van der Waals surface area contributed by atoms with Crippen molar-refractivity contribution in [2.45, 2.75) is 71.7 Å². The molecule has 0 bridgehead atoms. The Kier molecular flexibility index (Phi) is 9.20. The molecule has 0 aromatic heterocycles. The van der Waals surface area contributed by atoms with Crippen LogP contribution in [0.1, 0.15) is 47.5 Å². The lowest BCUT2D eigenvalue weighted by Gasteiger charge is -2.36. The van der Waals surface area contributed by atoms with E-state index < -0.39 is 20.4 Å². The largest absolute Gasteiger partial charge is 0.463 e. The molecule has 4 nitrogen and oxygen atoms in total. The minimum Gasteiger partial charge on any atom is -0.463 e. The van der Waals surface area contributed by atoms with Crippen molar-refractivity contribution in [3.63, 3.8) is 0 Å². The van der Waals surface area contributed by atoms with E-state index in [1.165, 1.54) is 12.2 Å². The van der Waals surface area contributed by atoms with Crippen LogP contribution in [0, 0.1) is 5.92 Å². The average molecular weight is 331 g/mol. The highest BCUT2D eigenvalue weighted by Gasteiger charge is 2.36. The van der Waals surface area contributed by atoms with Crippen molar-refractivity contribution in [1.82, 2.24) is 0 Å². The third-order valence-electron chi connectivity index (χ3n) is 4.26. The van der Waals surface area contributed by atoms with Crippen LogP contribution in [0.4, 0.5) is 0 Å². The van der Waals surface area contributed by atoms with Crippen LogP contribution < -0.4 is 0 Å². The Labute approximate surface area is 137 Å². The van der Waals surface area contributed by atoms with E-state index in [0.717, 1.165) is 13.0 Å². The zero-order valence-electron chi connectivity index (χ0n) is 15.3. The maximum Gasteiger partial charge on any atom is 0.330 e. The Morgan fingerprint density at radius 1 is 1.32 bits per heavy atom. The van der Waals surface area contributed by atoms with Gasteiger partial charge in [-0.1, -0.05) is 27.7 Å². The van der Waals surface area contributed by atoms with Gasteiger partial charge >= 0.3 is 5.97 Å². The third kappa shape index (κ3) is 8.71. The van der Waals surface area contributed by atoms with E-state index in [1.807, 2.05) is 0 Å². The first-order valence-electron chi connectivity index (χ1n) is 8.16. The zero-order chi connectivity index (χ0) is 17.4. The fourth-order valence-corrected chi connectivity index (χ4v) is 2.78. The van der Waals surface area contributed by atoms with Gasteiger partial charge in [-0.05, 0) is 49.9 Å². The van der Waals surface area contributed by atoms with Crippen molar-refractivity contribution in [3.8, 4) is 0 Å². The second-order valence-corrected chi connectivity index (χ2v) is 12.2. The molecule has 0 radical (unpaired) electrons. The molecule has 0 aromatic rings. The number of carbonyl (C=O) groups excluding carboxylic acids is 1. The molecule has 0 fully saturated rings. The highest BCUT2D eigenvalue weighted by Crippen LogP contribution is 2.36. The van der Waals surface area contributed by atoms with Gasteiger partial charge < -0.3 is 14.3 Å². The average Bonchev–Trinajstić information content (AvgIpc) is 2.35. The summed E-state index contributed by atoms with van der Waals surface area (Å²) >= 11 is 0. The van der Waals surface area contributed by atoms with Gasteiger partial charge in [-0.2, -0.15) is 0 Å². The molecule has 5 heteroatoms. The van der Waals surface area contributed by atoms with Gasteiger partial charge in [0.2, 0.25) is 0 Å². The molecule has 0 saturated heterocycles. The molecule has 0 rings (SSSR count). The van der Waals surface area contributed by atoms with Gasteiger partial charge in [0.1, 0.15) is 0 Å². The highest BCUT2D eigenvalue weighted by molar-refractivity contribution is 6.74. The van der Waals surface area contributed by atoms with Crippen molar-refractivity contribution in [1.29, 1.82) is 0 Å². The predicted molar refractivity (Wildman–Crippen MR) is 93.3 cm³/mol. The summed E-state index contributed by atoms with van der Waals surface area (Å²) in [5.41, 5.74) is 0. The van der Waals surface area contributed by atoms with E-state index in [-0.39, 0.29) is 5.04 Å². The zero-order valence-corrected chi connectivity index (χ0v) is 16.3. The van der Waals surface area contributed by atoms with Crippen molar-refractivity contribution in [2.24, 2.45) is 5.92 Å². The number of aliphatic hydroxyl groups excluding tert-OH is 1. The van der Waals surface area contributed by atoms with Crippen molar-refractivity contribution in [2.75, 3.05) is 13.2 Å². The molecule has 0 spiro atoms. The number of hydrogen-bond acceptors (Lipinski definition) is 4. The van der Waals surface area contributed by atoms with Crippen LogP contribution in [-0.2, 0) is 14.0 Å². The fraction of sp³-hybridized carbons (Fsp3) is 0.824. The number of rotatable bonds is 9. The molecule has 0 aromatic carbocycles. The Bertz CT molecular complexity index is 358. The molecule has 130 valence electrons. The maximum absolute atomic E-state index is 11.2. The molecule has 0 heterocycles. The Balaban J connectivity index is 4.09. The molecule has 0 amide bonds. The van der Waals surface area contributed by atoms with Crippen molar-refractivity contribution >= 4 is 14.3 Å². The first kappa shape index (κ1) is 21.3. The van der Waals surface area contributed by atoms with Crippen LogP contribution in [-0.4, -0.2) is 38.7 Å². The van der Waals surface area contributed by atoms with Gasteiger partial charge in [0.05, 0.1) is 12.7 Å². The summed E-state index contributed by atoms with van der Waals surface area (Å²) in [6.07, 6.45) is 3.72. The van der Waals surface area contributed by atoms with E-state index in [9.17, 15) is 9.90 Å². The number of ether oxygens (including phenoxy) is 1. The summed E-state index contributed by atoms with van der Waals surface area (Å²) < 4.78 is 10.9. The summed E-state index contributed by atoms with van der Waals surface area (Å²) in [4.78, 5) is 11.2. The van der Waals surface area contributed by atoms with Crippen molar-refractivity contribution in [3.05, 3.63) is 12.2 Å². The second kappa shape index (κ2) is 9.48. The lowest BCUT2D eigenvalue weighted by molar-refractivity contribution is -0.137. The fourth-order valence-electron chi connectivity index (χ4n) is 1.72. The number of aliphatic hydroxyl groups is 1. The molecule has 0 saturated carbocycles.